The summed E-state index contributed by atoms with van der Waals surface area (Å²) in [5.74, 6) is 0.387. The molecule has 1 aromatic carbocycles. The number of rotatable bonds is 1. The summed E-state index contributed by atoms with van der Waals surface area (Å²) in [7, 11) is 0. The molecule has 0 N–H and O–H groups in total. The van der Waals surface area contributed by atoms with Crippen molar-refractivity contribution < 1.29 is 22.6 Å². The quantitative estimate of drug-likeness (QED) is 0.710. The minimum Gasteiger partial charge on any atom is -0.454 e. The lowest BCUT2D eigenvalue weighted by Gasteiger charge is -2.21. The van der Waals surface area contributed by atoms with Gasteiger partial charge in [0.1, 0.15) is 0 Å². The fraction of sp³-hybridized carbons (Fsp3) is 0.429. The Balaban J connectivity index is 2.10. The number of fused-ring (bicyclic) bond motifs is 1. The number of hydrogen-bond acceptors (Lipinski definition) is 2. The normalized spacial score (nSPS) is 21.7. The maximum Gasteiger partial charge on any atom is 0.416 e. The van der Waals surface area contributed by atoms with Crippen LogP contribution in [0.25, 0.3) is 0 Å². The van der Waals surface area contributed by atoms with Crippen LogP contribution in [-0.4, -0.2) is 6.79 Å². The van der Waals surface area contributed by atoms with E-state index in [9.17, 15) is 13.2 Å². The minimum absolute atomic E-state index is 0.0173. The van der Waals surface area contributed by atoms with Gasteiger partial charge >= 0.3 is 6.18 Å². The molecule has 1 aromatic rings. The molecule has 19 heavy (non-hydrogen) atoms. The van der Waals surface area contributed by atoms with Gasteiger partial charge in [-0.3, -0.25) is 0 Å². The second-order valence-electron chi connectivity index (χ2n) is 4.76. The molecule has 0 radical (unpaired) electrons. The van der Waals surface area contributed by atoms with Crippen LogP contribution in [0.15, 0.2) is 24.3 Å². The molecule has 5 heteroatoms. The van der Waals surface area contributed by atoms with Gasteiger partial charge in [0, 0.05) is 5.92 Å². The van der Waals surface area contributed by atoms with Crippen molar-refractivity contribution in [1.82, 2.24) is 0 Å². The molecule has 2 nitrogen and oxygen atoms in total. The van der Waals surface area contributed by atoms with Gasteiger partial charge in [0.2, 0.25) is 6.79 Å². The van der Waals surface area contributed by atoms with Gasteiger partial charge in [0.15, 0.2) is 11.5 Å². The third-order valence-electron chi connectivity index (χ3n) is 3.50. The summed E-state index contributed by atoms with van der Waals surface area (Å²) in [5, 5.41) is 0. The smallest absolute Gasteiger partial charge is 0.416 e. The lowest BCUT2D eigenvalue weighted by atomic mass is 9.86. The van der Waals surface area contributed by atoms with Crippen molar-refractivity contribution in [2.75, 3.05) is 6.79 Å². The molecule has 0 aromatic heterocycles. The monoisotopic (exact) mass is 270 g/mol. The molecule has 0 unspecified atom stereocenters. The number of ether oxygens (including phenoxy) is 2. The van der Waals surface area contributed by atoms with Gasteiger partial charge in [0.05, 0.1) is 5.56 Å². The average molecular weight is 270 g/mol. The summed E-state index contributed by atoms with van der Waals surface area (Å²) in [4.78, 5) is 0. The largest absolute Gasteiger partial charge is 0.454 e. The SMILES string of the molecule is FC(F)(F)c1cc2c(cc1[C@@H]1C=CCCC1)OCO2. The third-order valence-corrected chi connectivity index (χ3v) is 3.50. The van der Waals surface area contributed by atoms with Gasteiger partial charge in [-0.2, -0.15) is 13.2 Å². The van der Waals surface area contributed by atoms with E-state index in [2.05, 4.69) is 0 Å². The highest BCUT2D eigenvalue weighted by Gasteiger charge is 2.37. The Bertz CT molecular complexity index is 520. The molecule has 0 saturated carbocycles. The zero-order valence-electron chi connectivity index (χ0n) is 10.2. The number of alkyl halides is 3. The fourth-order valence-electron chi connectivity index (χ4n) is 2.58. The number of allylic oxidation sites excluding steroid dienone is 2. The summed E-state index contributed by atoms with van der Waals surface area (Å²) < 4.78 is 49.7. The van der Waals surface area contributed by atoms with Crippen molar-refractivity contribution in [1.29, 1.82) is 0 Å². The van der Waals surface area contributed by atoms with E-state index in [4.69, 9.17) is 9.47 Å². The van der Waals surface area contributed by atoms with E-state index in [1.165, 1.54) is 6.07 Å². The van der Waals surface area contributed by atoms with Crippen molar-refractivity contribution in [3.8, 4) is 11.5 Å². The Kier molecular flexibility index (Phi) is 2.92. The maximum atomic E-state index is 13.2. The van der Waals surface area contributed by atoms with Crippen molar-refractivity contribution in [3.63, 3.8) is 0 Å². The first kappa shape index (κ1) is 12.4. The summed E-state index contributed by atoms with van der Waals surface area (Å²) in [6, 6.07) is 2.53. The van der Waals surface area contributed by atoms with Crippen LogP contribution in [0.5, 0.6) is 11.5 Å². The molecule has 3 rings (SSSR count). The predicted octanol–water partition coefficient (Wildman–Crippen LogP) is 4.26. The highest BCUT2D eigenvalue weighted by molar-refractivity contribution is 5.51. The fourth-order valence-corrected chi connectivity index (χ4v) is 2.58. The van der Waals surface area contributed by atoms with Crippen LogP contribution in [0.3, 0.4) is 0 Å². The summed E-state index contributed by atoms with van der Waals surface area (Å²) >= 11 is 0. The lowest BCUT2D eigenvalue weighted by molar-refractivity contribution is -0.138. The molecule has 0 fully saturated rings. The van der Waals surface area contributed by atoms with Crippen molar-refractivity contribution >= 4 is 0 Å². The standard InChI is InChI=1S/C14H13F3O2/c15-14(16,17)11-7-13-12(18-8-19-13)6-10(11)9-4-2-1-3-5-9/h2,4,6-7,9H,1,3,5,8H2/t9-/m1/s1. The predicted molar refractivity (Wildman–Crippen MR) is 63.3 cm³/mol. The van der Waals surface area contributed by atoms with E-state index in [1.807, 2.05) is 12.2 Å². The van der Waals surface area contributed by atoms with Crippen LogP contribution >= 0.6 is 0 Å². The third kappa shape index (κ3) is 2.29. The molecule has 1 aliphatic carbocycles. The molecule has 1 atom stereocenters. The molecule has 0 amide bonds. The van der Waals surface area contributed by atoms with E-state index in [0.717, 1.165) is 25.3 Å². The Morgan fingerprint density at radius 3 is 2.47 bits per heavy atom. The molecular formula is C14H13F3O2. The van der Waals surface area contributed by atoms with Crippen molar-refractivity contribution in [2.24, 2.45) is 0 Å². The summed E-state index contributed by atoms with van der Waals surface area (Å²) in [6.45, 7) is -0.0173. The van der Waals surface area contributed by atoms with Crippen LogP contribution in [0.1, 0.15) is 36.3 Å². The van der Waals surface area contributed by atoms with Crippen molar-refractivity contribution in [3.05, 3.63) is 35.4 Å². The molecule has 1 aliphatic heterocycles. The highest BCUT2D eigenvalue weighted by atomic mass is 19.4. The maximum absolute atomic E-state index is 13.2. The Labute approximate surface area is 108 Å². The van der Waals surface area contributed by atoms with E-state index in [0.29, 0.717) is 5.75 Å². The molecule has 1 heterocycles. The molecule has 2 aliphatic rings. The Morgan fingerprint density at radius 1 is 1.11 bits per heavy atom. The molecular weight excluding hydrogens is 257 g/mol. The van der Waals surface area contributed by atoms with Crippen LogP contribution in [0, 0.1) is 0 Å². The van der Waals surface area contributed by atoms with Crippen LogP contribution in [0.4, 0.5) is 13.2 Å². The lowest BCUT2D eigenvalue weighted by Crippen LogP contribution is -2.12. The molecule has 0 bridgehead atoms. The van der Waals surface area contributed by atoms with E-state index < -0.39 is 11.7 Å². The zero-order chi connectivity index (χ0) is 13.5. The zero-order valence-corrected chi connectivity index (χ0v) is 10.2. The van der Waals surface area contributed by atoms with E-state index in [1.54, 1.807) is 0 Å². The van der Waals surface area contributed by atoms with Gasteiger partial charge in [-0.1, -0.05) is 12.2 Å². The van der Waals surface area contributed by atoms with Gasteiger partial charge < -0.3 is 9.47 Å². The van der Waals surface area contributed by atoms with Crippen LogP contribution in [-0.2, 0) is 6.18 Å². The Hall–Kier alpha value is -1.65. The highest BCUT2D eigenvalue weighted by Crippen LogP contribution is 2.45. The topological polar surface area (TPSA) is 18.5 Å². The molecule has 0 saturated heterocycles. The number of hydrogen-bond donors (Lipinski definition) is 0. The van der Waals surface area contributed by atoms with E-state index >= 15 is 0 Å². The first-order valence-corrected chi connectivity index (χ1v) is 6.23. The van der Waals surface area contributed by atoms with Crippen LogP contribution < -0.4 is 9.47 Å². The first-order valence-electron chi connectivity index (χ1n) is 6.23. The van der Waals surface area contributed by atoms with E-state index in [-0.39, 0.29) is 24.0 Å². The van der Waals surface area contributed by atoms with Gasteiger partial charge in [0.25, 0.3) is 0 Å². The summed E-state index contributed by atoms with van der Waals surface area (Å²) in [5.41, 5.74) is -0.332. The first-order chi connectivity index (χ1) is 9.05. The Morgan fingerprint density at radius 2 is 1.84 bits per heavy atom. The second kappa shape index (κ2) is 4.47. The van der Waals surface area contributed by atoms with Crippen molar-refractivity contribution in [2.45, 2.75) is 31.4 Å². The second-order valence-corrected chi connectivity index (χ2v) is 4.76. The van der Waals surface area contributed by atoms with Gasteiger partial charge in [-0.15, -0.1) is 0 Å². The molecule has 0 spiro atoms. The van der Waals surface area contributed by atoms with Gasteiger partial charge in [-0.25, -0.2) is 0 Å². The summed E-state index contributed by atoms with van der Waals surface area (Å²) in [6.07, 6.45) is 2.01. The van der Waals surface area contributed by atoms with Gasteiger partial charge in [-0.05, 0) is 37.0 Å². The van der Waals surface area contributed by atoms with Crippen LogP contribution in [0.2, 0.25) is 0 Å². The average Bonchev–Trinajstić information content (AvgIpc) is 2.84. The number of benzene rings is 1. The minimum atomic E-state index is -4.37. The molecule has 102 valence electrons. The number of halogens is 3.